The third kappa shape index (κ3) is 12.6. The lowest BCUT2D eigenvalue weighted by Crippen LogP contribution is -2.32. The minimum Gasteiger partial charge on any atom is -0.463 e. The Morgan fingerprint density at radius 3 is 2.10 bits per heavy atom. The van der Waals surface area contributed by atoms with Crippen LogP contribution in [0.5, 0.6) is 0 Å². The van der Waals surface area contributed by atoms with Crippen molar-refractivity contribution in [2.75, 3.05) is 35.2 Å². The molecule has 0 fully saturated rings. The van der Waals surface area contributed by atoms with Crippen LogP contribution < -0.4 is 15.5 Å². The molecule has 10 nitrogen and oxygen atoms in total. The van der Waals surface area contributed by atoms with Gasteiger partial charge in [-0.2, -0.15) is 0 Å². The summed E-state index contributed by atoms with van der Waals surface area (Å²) in [5, 5.41) is 5.93. The highest BCUT2D eigenvalue weighted by Crippen LogP contribution is 2.38. The predicted octanol–water partition coefficient (Wildman–Crippen LogP) is 6.68. The van der Waals surface area contributed by atoms with E-state index in [0.29, 0.717) is 29.6 Å². The third-order valence-corrected chi connectivity index (χ3v) is 6.90. The summed E-state index contributed by atoms with van der Waals surface area (Å²) in [5.74, 6) is 0.101. The zero-order valence-electron chi connectivity index (χ0n) is 25.2. The van der Waals surface area contributed by atoms with E-state index in [1.807, 2.05) is 56.3 Å². The van der Waals surface area contributed by atoms with Crippen LogP contribution >= 0.6 is 7.82 Å². The fourth-order valence-electron chi connectivity index (χ4n) is 4.49. The van der Waals surface area contributed by atoms with Crippen molar-refractivity contribution in [2.45, 2.75) is 73.3 Å². The Kier molecular flexibility index (Phi) is 13.3. The molecule has 0 saturated carbocycles. The van der Waals surface area contributed by atoms with Gasteiger partial charge < -0.3 is 30.1 Å². The third-order valence-electron chi connectivity index (χ3n) is 6.26. The number of phosphoric acid groups is 1. The maximum Gasteiger partial charge on any atom is 0.469 e. The molecule has 2 aromatic rings. The number of carbonyl (C=O) groups excluding carboxylic acids is 2. The second kappa shape index (κ2) is 15.9. The van der Waals surface area contributed by atoms with Gasteiger partial charge >= 0.3 is 19.8 Å². The van der Waals surface area contributed by atoms with Gasteiger partial charge in [0.05, 0.1) is 17.8 Å². The van der Waals surface area contributed by atoms with Crippen molar-refractivity contribution >= 4 is 36.9 Å². The fourth-order valence-corrected chi connectivity index (χ4v) is 5.02. The largest absolute Gasteiger partial charge is 0.469 e. The number of nitrogens with zero attached hydrogens (tertiary/aromatic N) is 1. The molecule has 0 aromatic heterocycles. The first-order valence-electron chi connectivity index (χ1n) is 14.1. The number of benzene rings is 2. The summed E-state index contributed by atoms with van der Waals surface area (Å²) in [6.45, 7) is 15.3. The van der Waals surface area contributed by atoms with Gasteiger partial charge in [0.25, 0.3) is 0 Å². The lowest BCUT2D eigenvalue weighted by molar-refractivity contribution is -0.146. The van der Waals surface area contributed by atoms with Gasteiger partial charge in [0.1, 0.15) is 12.7 Å². The molecule has 0 aliphatic carbocycles. The molecule has 41 heavy (non-hydrogen) atoms. The summed E-state index contributed by atoms with van der Waals surface area (Å²) < 4.78 is 20.8. The Balaban J connectivity index is 2.31. The quantitative estimate of drug-likeness (QED) is 0.133. The molecule has 2 amide bonds. The maximum atomic E-state index is 13.1. The molecule has 0 spiro atoms. The summed E-state index contributed by atoms with van der Waals surface area (Å²) in [4.78, 5) is 45.8. The number of aryl methyl sites for hydroxylation is 1. The van der Waals surface area contributed by atoms with Gasteiger partial charge in [-0.05, 0) is 67.9 Å². The van der Waals surface area contributed by atoms with Crippen LogP contribution in [0.3, 0.4) is 0 Å². The molecule has 2 aromatic carbocycles. The normalized spacial score (nSPS) is 13.1. The number of hydrogen-bond donors (Lipinski definition) is 4. The van der Waals surface area contributed by atoms with Crippen LogP contribution in [0, 0.1) is 18.8 Å². The second-order valence-corrected chi connectivity index (χ2v) is 12.5. The summed E-state index contributed by atoms with van der Waals surface area (Å²) in [6.07, 6.45) is -0.246. The maximum absolute atomic E-state index is 13.1. The summed E-state index contributed by atoms with van der Waals surface area (Å²) >= 11 is 0. The van der Waals surface area contributed by atoms with Crippen LogP contribution in [0.15, 0.2) is 42.5 Å². The Labute approximate surface area is 244 Å². The zero-order chi connectivity index (χ0) is 30.7. The number of rotatable bonds is 15. The van der Waals surface area contributed by atoms with Gasteiger partial charge in [-0.15, -0.1) is 0 Å². The first-order valence-corrected chi connectivity index (χ1v) is 15.6. The Bertz CT molecular complexity index is 1170. The molecule has 0 saturated heterocycles. The standard InChI is InChI=1S/C30H46N3O7P/c1-8-24(16-29(34)39-19-23(7)40-41(36,37)38)25-11-14-28(33(17-20(2)3)18-21(4)5)27(15-25)32-30(35)31-26-12-9-22(6)10-13-26/h9-15,20-21,23-24H,8,16-19H2,1-7H3,(H2,31,32,35)(H2,36,37,38)/t23-,24?/m0/s1. The molecule has 1 unspecified atom stereocenters. The van der Waals surface area contributed by atoms with Crippen molar-refractivity contribution < 1.29 is 33.2 Å². The molecule has 2 atom stereocenters. The molecule has 0 bridgehead atoms. The second-order valence-electron chi connectivity index (χ2n) is 11.3. The Morgan fingerprint density at radius 1 is 0.951 bits per heavy atom. The van der Waals surface area contributed by atoms with E-state index in [9.17, 15) is 14.2 Å². The van der Waals surface area contributed by atoms with E-state index >= 15 is 0 Å². The van der Waals surface area contributed by atoms with E-state index in [2.05, 4.69) is 47.8 Å². The minimum atomic E-state index is -4.67. The summed E-state index contributed by atoms with van der Waals surface area (Å²) in [5.41, 5.74) is 4.18. The zero-order valence-corrected chi connectivity index (χ0v) is 26.1. The van der Waals surface area contributed by atoms with E-state index in [1.165, 1.54) is 6.92 Å². The van der Waals surface area contributed by atoms with Gasteiger partial charge in [0, 0.05) is 18.8 Å². The van der Waals surface area contributed by atoms with Gasteiger partial charge in [0.2, 0.25) is 0 Å². The topological polar surface area (TPSA) is 137 Å². The van der Waals surface area contributed by atoms with E-state index in [4.69, 9.17) is 14.5 Å². The highest BCUT2D eigenvalue weighted by atomic mass is 31.2. The van der Waals surface area contributed by atoms with Crippen LogP contribution in [0.4, 0.5) is 21.9 Å². The average molecular weight is 592 g/mol. The van der Waals surface area contributed by atoms with Crippen molar-refractivity contribution in [2.24, 2.45) is 11.8 Å². The minimum absolute atomic E-state index is 0.0647. The highest BCUT2D eigenvalue weighted by molar-refractivity contribution is 7.46. The van der Waals surface area contributed by atoms with Crippen LogP contribution in [-0.2, 0) is 18.6 Å². The van der Waals surface area contributed by atoms with E-state index in [0.717, 1.165) is 29.9 Å². The van der Waals surface area contributed by atoms with Crippen molar-refractivity contribution in [1.82, 2.24) is 0 Å². The van der Waals surface area contributed by atoms with Gasteiger partial charge in [-0.25, -0.2) is 9.36 Å². The van der Waals surface area contributed by atoms with Crippen molar-refractivity contribution in [3.63, 3.8) is 0 Å². The SMILES string of the molecule is CCC(CC(=O)OC[C@H](C)OP(=O)(O)O)c1ccc(N(CC(C)C)CC(C)C)c(NC(=O)Nc2ccc(C)cc2)c1. The number of amides is 2. The molecule has 11 heteroatoms. The number of urea groups is 1. The van der Waals surface area contributed by atoms with Crippen molar-refractivity contribution in [3.05, 3.63) is 53.6 Å². The lowest BCUT2D eigenvalue weighted by Gasteiger charge is -2.31. The molecule has 228 valence electrons. The number of ether oxygens (including phenoxy) is 1. The molecule has 0 aliphatic heterocycles. The van der Waals surface area contributed by atoms with Crippen LogP contribution in [0.1, 0.15) is 71.4 Å². The van der Waals surface area contributed by atoms with Crippen LogP contribution in [0.25, 0.3) is 0 Å². The van der Waals surface area contributed by atoms with E-state index in [-0.39, 0.29) is 25.0 Å². The Morgan fingerprint density at radius 2 is 1.56 bits per heavy atom. The first kappa shape index (κ1) is 34.3. The number of esters is 1. The lowest BCUT2D eigenvalue weighted by atomic mass is 9.92. The summed E-state index contributed by atoms with van der Waals surface area (Å²) in [7, 11) is -4.67. The van der Waals surface area contributed by atoms with E-state index < -0.39 is 19.9 Å². The first-order chi connectivity index (χ1) is 19.2. The van der Waals surface area contributed by atoms with Gasteiger partial charge in [0.15, 0.2) is 0 Å². The number of nitrogens with one attached hydrogen (secondary N) is 2. The van der Waals surface area contributed by atoms with E-state index in [1.54, 1.807) is 0 Å². The number of carbonyl (C=O) groups is 2. The highest BCUT2D eigenvalue weighted by Gasteiger charge is 2.23. The molecule has 0 heterocycles. The van der Waals surface area contributed by atoms with Gasteiger partial charge in [-0.1, -0.05) is 58.4 Å². The van der Waals surface area contributed by atoms with Gasteiger partial charge in [-0.3, -0.25) is 9.32 Å². The Hall–Kier alpha value is -2.91. The monoisotopic (exact) mass is 591 g/mol. The molecule has 0 radical (unpaired) electrons. The smallest absolute Gasteiger partial charge is 0.463 e. The van der Waals surface area contributed by atoms with Crippen LogP contribution in [0.2, 0.25) is 0 Å². The number of anilines is 3. The van der Waals surface area contributed by atoms with Crippen molar-refractivity contribution in [3.8, 4) is 0 Å². The van der Waals surface area contributed by atoms with Crippen molar-refractivity contribution in [1.29, 1.82) is 0 Å². The number of phosphoric ester groups is 1. The molecule has 4 N–H and O–H groups in total. The fraction of sp³-hybridized carbons (Fsp3) is 0.533. The van der Waals surface area contributed by atoms with Crippen LogP contribution in [-0.4, -0.2) is 47.6 Å². The summed E-state index contributed by atoms with van der Waals surface area (Å²) in [6, 6.07) is 13.1. The average Bonchev–Trinajstić information content (AvgIpc) is 2.85. The molecular weight excluding hydrogens is 545 g/mol. The predicted molar refractivity (Wildman–Crippen MR) is 163 cm³/mol. The molecular formula is C30H46N3O7P. The molecule has 0 aliphatic rings. The number of hydrogen-bond acceptors (Lipinski definition) is 6. The molecule has 2 rings (SSSR count).